The van der Waals surface area contributed by atoms with Crippen molar-refractivity contribution in [3.63, 3.8) is 0 Å². The summed E-state index contributed by atoms with van der Waals surface area (Å²) in [5, 5.41) is 4.37. The topological polar surface area (TPSA) is 74.3 Å². The zero-order valence-corrected chi connectivity index (χ0v) is 20.0. The molecule has 1 aromatic heterocycles. The molecule has 0 saturated carbocycles. The largest absolute Gasteiger partial charge is 0.355 e. The summed E-state index contributed by atoms with van der Waals surface area (Å²) in [5.74, 6) is 0. The van der Waals surface area contributed by atoms with Gasteiger partial charge in [-0.25, -0.2) is 13.1 Å². The molecule has 34 heavy (non-hydrogen) atoms. The van der Waals surface area contributed by atoms with Crippen LogP contribution in [0.2, 0.25) is 0 Å². The molecule has 0 amide bonds. The molecule has 2 heterocycles. The summed E-state index contributed by atoms with van der Waals surface area (Å²) in [5.41, 5.74) is 6.13. The molecule has 6 nitrogen and oxygen atoms in total. The number of hydrogen-bond acceptors (Lipinski definition) is 5. The molecule has 0 aliphatic carbocycles. The first-order valence-corrected chi connectivity index (χ1v) is 13.0. The van der Waals surface area contributed by atoms with Crippen molar-refractivity contribution in [3.05, 3.63) is 95.7 Å². The number of para-hydroxylation sites is 1. The van der Waals surface area contributed by atoms with Gasteiger partial charge in [0.1, 0.15) is 0 Å². The Morgan fingerprint density at radius 3 is 2.62 bits per heavy atom. The molecule has 7 heteroatoms. The third-order valence-corrected chi connectivity index (χ3v) is 7.66. The Morgan fingerprint density at radius 2 is 1.74 bits per heavy atom. The Bertz CT molecular complexity index is 1440. The minimum absolute atomic E-state index is 0.247. The maximum Gasteiger partial charge on any atom is 0.240 e. The van der Waals surface area contributed by atoms with Gasteiger partial charge in [-0.05, 0) is 54.8 Å². The summed E-state index contributed by atoms with van der Waals surface area (Å²) in [6, 6.07) is 25.3. The monoisotopic (exact) mass is 472 g/mol. The van der Waals surface area contributed by atoms with Gasteiger partial charge in [0.05, 0.1) is 10.4 Å². The Kier molecular flexibility index (Phi) is 6.32. The number of fused-ring (bicyclic) bond motifs is 2. The smallest absolute Gasteiger partial charge is 0.240 e. The van der Waals surface area contributed by atoms with E-state index in [1.807, 2.05) is 43.3 Å². The fourth-order valence-corrected chi connectivity index (χ4v) is 5.54. The van der Waals surface area contributed by atoms with Crippen LogP contribution >= 0.6 is 0 Å². The summed E-state index contributed by atoms with van der Waals surface area (Å²) in [6.07, 6.45) is 1.000. The maximum absolute atomic E-state index is 13.0. The molecule has 0 radical (unpaired) electrons. The van der Waals surface area contributed by atoms with Crippen LogP contribution in [0, 0.1) is 6.92 Å². The third-order valence-electron chi connectivity index (χ3n) is 6.20. The van der Waals surface area contributed by atoms with Crippen molar-refractivity contribution in [1.29, 1.82) is 0 Å². The fourth-order valence-electron chi connectivity index (χ4n) is 4.47. The van der Waals surface area contributed by atoms with Crippen LogP contribution < -0.4 is 10.0 Å². The van der Waals surface area contributed by atoms with Gasteiger partial charge in [0.25, 0.3) is 0 Å². The van der Waals surface area contributed by atoms with E-state index in [9.17, 15) is 8.42 Å². The van der Waals surface area contributed by atoms with E-state index in [0.29, 0.717) is 18.8 Å². The number of aryl methyl sites for hydroxylation is 1. The Balaban J connectivity index is 1.26. The number of hydrogen-bond donors (Lipinski definition) is 2. The molecular weight excluding hydrogens is 444 g/mol. The second kappa shape index (κ2) is 9.54. The lowest BCUT2D eigenvalue weighted by Gasteiger charge is -2.28. The Morgan fingerprint density at radius 1 is 0.941 bits per heavy atom. The summed E-state index contributed by atoms with van der Waals surface area (Å²) < 4.78 is 28.7. The highest BCUT2D eigenvalue weighted by molar-refractivity contribution is 7.89. The molecule has 2 N–H and O–H groups in total. The zero-order chi connectivity index (χ0) is 23.5. The van der Waals surface area contributed by atoms with Crippen LogP contribution in [0.4, 0.5) is 11.4 Å². The van der Waals surface area contributed by atoms with Gasteiger partial charge < -0.3 is 5.32 Å². The summed E-state index contributed by atoms with van der Waals surface area (Å²) in [4.78, 5) is 7.11. The number of sulfonamides is 1. The second-order valence-electron chi connectivity index (χ2n) is 8.67. The molecule has 0 bridgehead atoms. The molecule has 0 saturated heterocycles. The molecule has 3 aromatic carbocycles. The normalized spacial score (nSPS) is 14.1. The molecule has 0 spiro atoms. The number of benzene rings is 3. The number of nitrogens with zero attached hydrogens (tertiary/aromatic N) is 2. The first-order chi connectivity index (χ1) is 16.5. The van der Waals surface area contributed by atoms with Gasteiger partial charge >= 0.3 is 0 Å². The Hall–Kier alpha value is -3.26. The molecule has 0 atom stereocenters. The number of rotatable bonds is 7. The van der Waals surface area contributed by atoms with Gasteiger partial charge in [0.15, 0.2) is 0 Å². The van der Waals surface area contributed by atoms with E-state index < -0.39 is 10.0 Å². The van der Waals surface area contributed by atoms with E-state index in [4.69, 9.17) is 0 Å². The van der Waals surface area contributed by atoms with Gasteiger partial charge in [-0.2, -0.15) is 0 Å². The average molecular weight is 473 g/mol. The molecule has 5 rings (SSSR count). The first-order valence-electron chi connectivity index (χ1n) is 11.5. The van der Waals surface area contributed by atoms with Crippen LogP contribution in [0.3, 0.4) is 0 Å². The predicted molar refractivity (Wildman–Crippen MR) is 137 cm³/mol. The van der Waals surface area contributed by atoms with Crippen molar-refractivity contribution in [1.82, 2.24) is 14.6 Å². The van der Waals surface area contributed by atoms with E-state index in [1.54, 1.807) is 18.2 Å². The average Bonchev–Trinajstić information content (AvgIpc) is 2.84. The lowest BCUT2D eigenvalue weighted by atomic mass is 10.0. The van der Waals surface area contributed by atoms with Gasteiger partial charge in [0, 0.05) is 48.6 Å². The van der Waals surface area contributed by atoms with Crippen molar-refractivity contribution < 1.29 is 8.42 Å². The molecular formula is C27H28N4O2S. The van der Waals surface area contributed by atoms with Crippen molar-refractivity contribution >= 4 is 32.3 Å². The van der Waals surface area contributed by atoms with Gasteiger partial charge in [-0.3, -0.25) is 9.88 Å². The summed E-state index contributed by atoms with van der Waals surface area (Å²) in [6.45, 7) is 4.79. The predicted octanol–water partition coefficient (Wildman–Crippen LogP) is 4.62. The molecule has 4 aromatic rings. The highest BCUT2D eigenvalue weighted by atomic mass is 32.2. The van der Waals surface area contributed by atoms with Crippen molar-refractivity contribution in [2.75, 3.05) is 25.0 Å². The van der Waals surface area contributed by atoms with E-state index in [-0.39, 0.29) is 4.90 Å². The van der Waals surface area contributed by atoms with E-state index in [2.05, 4.69) is 44.2 Å². The molecule has 0 unspecified atom stereocenters. The minimum atomic E-state index is -3.62. The molecule has 174 valence electrons. The van der Waals surface area contributed by atoms with Crippen molar-refractivity contribution in [3.8, 4) is 0 Å². The molecule has 1 aliphatic heterocycles. The van der Waals surface area contributed by atoms with E-state index in [0.717, 1.165) is 41.8 Å². The SMILES string of the molecule is Cc1cc(Nc2cccc(S(=O)(=O)NCCN3CCc4ccccc4C3)c2)c2ccccc2n1. The number of pyridine rings is 1. The standard InChI is InChI=1S/C27H28N4O2S/c1-20-17-27(25-11-4-5-12-26(25)29-20)30-23-9-6-10-24(18-23)34(32,33)28-14-16-31-15-13-21-7-2-3-8-22(21)19-31/h2-12,17-18,28H,13-16,19H2,1H3,(H,29,30). The summed E-state index contributed by atoms with van der Waals surface area (Å²) >= 11 is 0. The third kappa shape index (κ3) is 4.97. The van der Waals surface area contributed by atoms with Gasteiger partial charge in [-0.1, -0.05) is 48.5 Å². The number of anilines is 2. The van der Waals surface area contributed by atoms with Crippen molar-refractivity contribution in [2.24, 2.45) is 0 Å². The maximum atomic E-state index is 13.0. The highest BCUT2D eigenvalue weighted by Gasteiger charge is 2.18. The lowest BCUT2D eigenvalue weighted by molar-refractivity contribution is 0.258. The second-order valence-corrected chi connectivity index (χ2v) is 10.4. The quantitative estimate of drug-likeness (QED) is 0.410. The van der Waals surface area contributed by atoms with E-state index in [1.165, 1.54) is 11.1 Å². The fraction of sp³-hybridized carbons (Fsp3) is 0.222. The van der Waals surface area contributed by atoms with Gasteiger partial charge in [-0.15, -0.1) is 0 Å². The summed E-state index contributed by atoms with van der Waals surface area (Å²) in [7, 11) is -3.62. The zero-order valence-electron chi connectivity index (χ0n) is 19.2. The Labute approximate surface area is 200 Å². The molecule has 1 aliphatic rings. The van der Waals surface area contributed by atoms with Crippen LogP contribution in [0.15, 0.2) is 83.8 Å². The highest BCUT2D eigenvalue weighted by Crippen LogP contribution is 2.27. The van der Waals surface area contributed by atoms with E-state index >= 15 is 0 Å². The molecule has 0 fully saturated rings. The van der Waals surface area contributed by atoms with Crippen LogP contribution in [0.25, 0.3) is 10.9 Å². The lowest BCUT2D eigenvalue weighted by Crippen LogP contribution is -2.37. The van der Waals surface area contributed by atoms with Crippen LogP contribution in [-0.2, 0) is 23.0 Å². The number of aromatic nitrogens is 1. The van der Waals surface area contributed by atoms with Crippen LogP contribution in [0.5, 0.6) is 0 Å². The number of nitrogens with one attached hydrogen (secondary N) is 2. The van der Waals surface area contributed by atoms with Crippen LogP contribution in [-0.4, -0.2) is 37.9 Å². The van der Waals surface area contributed by atoms with Crippen molar-refractivity contribution in [2.45, 2.75) is 24.8 Å². The minimum Gasteiger partial charge on any atom is -0.355 e. The first kappa shape index (κ1) is 22.5. The van der Waals surface area contributed by atoms with Crippen LogP contribution in [0.1, 0.15) is 16.8 Å². The van der Waals surface area contributed by atoms with Gasteiger partial charge in [0.2, 0.25) is 10.0 Å².